The van der Waals surface area contributed by atoms with E-state index in [1.54, 1.807) is 6.20 Å². The van der Waals surface area contributed by atoms with Gasteiger partial charge in [-0.15, -0.1) is 0 Å². The van der Waals surface area contributed by atoms with Crippen molar-refractivity contribution < 1.29 is 22.0 Å². The molecule has 0 bridgehead atoms. The van der Waals surface area contributed by atoms with Gasteiger partial charge >= 0.3 is 0 Å². The first-order chi connectivity index (χ1) is 14.7. The van der Waals surface area contributed by atoms with E-state index in [-0.39, 0.29) is 18.1 Å². The van der Waals surface area contributed by atoms with Crippen LogP contribution in [0.5, 0.6) is 0 Å². The molecule has 1 heterocycles. The highest BCUT2D eigenvalue weighted by atomic mass is 32.2. The number of nitrogens with zero attached hydrogens (tertiary/aromatic N) is 2. The van der Waals surface area contributed by atoms with E-state index in [1.807, 2.05) is 31.1 Å². The lowest BCUT2D eigenvalue weighted by molar-refractivity contribution is 0.0951. The van der Waals surface area contributed by atoms with Gasteiger partial charge < -0.3 is 10.2 Å². The summed E-state index contributed by atoms with van der Waals surface area (Å²) in [6.45, 7) is 0.282. The van der Waals surface area contributed by atoms with Crippen LogP contribution in [0.1, 0.15) is 15.9 Å². The number of sulfonamides is 1. The van der Waals surface area contributed by atoms with Crippen molar-refractivity contribution in [1.82, 2.24) is 10.3 Å². The molecule has 3 rings (SSSR count). The van der Waals surface area contributed by atoms with Crippen molar-refractivity contribution in [3.8, 4) is 0 Å². The zero-order chi connectivity index (χ0) is 22.6. The highest BCUT2D eigenvalue weighted by Gasteiger charge is 2.17. The van der Waals surface area contributed by atoms with E-state index in [1.165, 1.54) is 24.3 Å². The Bertz CT molecular complexity index is 1180. The van der Waals surface area contributed by atoms with Gasteiger partial charge in [0.1, 0.15) is 5.82 Å². The molecule has 0 radical (unpaired) electrons. The minimum absolute atomic E-state index is 0.171. The number of hydrogen-bond acceptors (Lipinski definition) is 5. The van der Waals surface area contributed by atoms with Gasteiger partial charge in [-0.05, 0) is 54.1 Å². The molecule has 7 nitrogen and oxygen atoms in total. The average Bonchev–Trinajstić information content (AvgIpc) is 2.74. The first-order valence-corrected chi connectivity index (χ1v) is 10.6. The molecule has 0 unspecified atom stereocenters. The summed E-state index contributed by atoms with van der Waals surface area (Å²) in [5.41, 5.74) is 1.33. The fourth-order valence-corrected chi connectivity index (χ4v) is 3.69. The molecule has 0 aliphatic rings. The van der Waals surface area contributed by atoms with Gasteiger partial charge in [0.05, 0.1) is 4.90 Å². The van der Waals surface area contributed by atoms with Crippen LogP contribution in [0.15, 0.2) is 65.7 Å². The standard InChI is InChI=1S/C21H20F2N4O3S/c1-27(2)20-10-3-14(12-24-20)13-25-21(28)15-4-6-16(7-5-15)26-31(29,30)17-8-9-18(22)19(23)11-17/h3-12,26H,13H2,1-2H3,(H,25,28). The Labute approximate surface area is 178 Å². The molecular formula is C21H20F2N4O3S. The second-order valence-corrected chi connectivity index (χ2v) is 8.54. The van der Waals surface area contributed by atoms with Gasteiger partial charge in [0.15, 0.2) is 11.6 Å². The third-order valence-corrected chi connectivity index (χ3v) is 5.70. The Hall–Kier alpha value is -3.53. The second kappa shape index (κ2) is 9.09. The van der Waals surface area contributed by atoms with Crippen LogP contribution in [0, 0.1) is 11.6 Å². The predicted molar refractivity (Wildman–Crippen MR) is 113 cm³/mol. The van der Waals surface area contributed by atoms with Crippen molar-refractivity contribution in [3.63, 3.8) is 0 Å². The minimum atomic E-state index is -4.11. The number of amides is 1. The summed E-state index contributed by atoms with van der Waals surface area (Å²) in [6, 6.07) is 11.7. The molecule has 0 saturated carbocycles. The maximum Gasteiger partial charge on any atom is 0.261 e. The molecule has 162 valence electrons. The number of halogens is 2. The molecule has 0 fully saturated rings. The van der Waals surface area contributed by atoms with Gasteiger partial charge in [-0.2, -0.15) is 0 Å². The maximum atomic E-state index is 13.3. The molecule has 0 aliphatic carbocycles. The van der Waals surface area contributed by atoms with Gasteiger partial charge in [0.2, 0.25) is 0 Å². The SMILES string of the molecule is CN(C)c1ccc(CNC(=O)c2ccc(NS(=O)(=O)c3ccc(F)c(F)c3)cc2)cn1. The van der Waals surface area contributed by atoms with Gasteiger partial charge in [-0.1, -0.05) is 6.07 Å². The zero-order valence-corrected chi connectivity index (χ0v) is 17.6. The number of carbonyl (C=O) groups excluding carboxylic acids is 1. The molecule has 3 aromatic rings. The van der Waals surface area contributed by atoms with Crippen molar-refractivity contribution >= 4 is 27.4 Å². The molecule has 10 heteroatoms. The second-order valence-electron chi connectivity index (χ2n) is 6.86. The number of hydrogen-bond donors (Lipinski definition) is 2. The van der Waals surface area contributed by atoms with Gasteiger partial charge in [0.25, 0.3) is 15.9 Å². The van der Waals surface area contributed by atoms with Gasteiger partial charge in [-0.3, -0.25) is 9.52 Å². The van der Waals surface area contributed by atoms with E-state index in [4.69, 9.17) is 0 Å². The topological polar surface area (TPSA) is 91.4 Å². The number of aromatic nitrogens is 1. The van der Waals surface area contributed by atoms with Gasteiger partial charge in [-0.25, -0.2) is 22.2 Å². The van der Waals surface area contributed by atoms with Crippen LogP contribution in [-0.2, 0) is 16.6 Å². The summed E-state index contributed by atoms with van der Waals surface area (Å²) >= 11 is 0. The molecule has 2 aromatic carbocycles. The van der Waals surface area contributed by atoms with Crippen molar-refractivity contribution in [2.24, 2.45) is 0 Å². The Morgan fingerprint density at radius 2 is 1.71 bits per heavy atom. The Balaban J connectivity index is 1.62. The van der Waals surface area contributed by atoms with E-state index < -0.39 is 26.6 Å². The van der Waals surface area contributed by atoms with Crippen LogP contribution in [0.2, 0.25) is 0 Å². The van der Waals surface area contributed by atoms with E-state index >= 15 is 0 Å². The Morgan fingerprint density at radius 1 is 1.00 bits per heavy atom. The molecule has 1 amide bonds. The van der Waals surface area contributed by atoms with E-state index in [0.717, 1.165) is 23.5 Å². The van der Waals surface area contributed by atoms with Crippen molar-refractivity contribution in [1.29, 1.82) is 0 Å². The zero-order valence-electron chi connectivity index (χ0n) is 16.8. The summed E-state index contributed by atoms with van der Waals surface area (Å²) in [5.74, 6) is -1.94. The largest absolute Gasteiger partial charge is 0.363 e. The monoisotopic (exact) mass is 446 g/mol. The van der Waals surface area contributed by atoms with E-state index in [2.05, 4.69) is 15.0 Å². The number of nitrogens with one attached hydrogen (secondary N) is 2. The molecule has 0 aliphatic heterocycles. The van der Waals surface area contributed by atoms with Crippen molar-refractivity contribution in [3.05, 3.63) is 83.6 Å². The third-order valence-electron chi connectivity index (χ3n) is 4.32. The molecule has 0 spiro atoms. The quantitative estimate of drug-likeness (QED) is 0.582. The lowest BCUT2D eigenvalue weighted by Crippen LogP contribution is -2.23. The molecule has 31 heavy (non-hydrogen) atoms. The smallest absolute Gasteiger partial charge is 0.261 e. The lowest BCUT2D eigenvalue weighted by atomic mass is 10.2. The normalized spacial score (nSPS) is 11.1. The fraction of sp³-hybridized carbons (Fsp3) is 0.143. The first kappa shape index (κ1) is 22.2. The van der Waals surface area contributed by atoms with E-state index in [9.17, 15) is 22.0 Å². The summed E-state index contributed by atoms with van der Waals surface area (Å²) in [7, 11) is -0.348. The summed E-state index contributed by atoms with van der Waals surface area (Å²) in [4.78, 5) is 18.1. The molecular weight excluding hydrogens is 426 g/mol. The first-order valence-electron chi connectivity index (χ1n) is 9.14. The molecule has 2 N–H and O–H groups in total. The van der Waals surface area contributed by atoms with Crippen LogP contribution in [0.25, 0.3) is 0 Å². The van der Waals surface area contributed by atoms with Crippen molar-refractivity contribution in [2.45, 2.75) is 11.4 Å². The Morgan fingerprint density at radius 3 is 2.29 bits per heavy atom. The van der Waals surface area contributed by atoms with Crippen LogP contribution in [0.3, 0.4) is 0 Å². The van der Waals surface area contributed by atoms with Gasteiger partial charge in [0, 0.05) is 38.1 Å². The number of pyridine rings is 1. The average molecular weight is 446 g/mol. The summed E-state index contributed by atoms with van der Waals surface area (Å²) in [5, 5.41) is 2.76. The van der Waals surface area contributed by atoms with Crippen LogP contribution in [0.4, 0.5) is 20.3 Å². The Kier molecular flexibility index (Phi) is 6.50. The number of benzene rings is 2. The highest BCUT2D eigenvalue weighted by molar-refractivity contribution is 7.92. The van der Waals surface area contributed by atoms with Crippen LogP contribution >= 0.6 is 0 Å². The molecule has 0 atom stereocenters. The highest BCUT2D eigenvalue weighted by Crippen LogP contribution is 2.19. The van der Waals surface area contributed by atoms with Crippen LogP contribution < -0.4 is 14.9 Å². The molecule has 1 aromatic heterocycles. The minimum Gasteiger partial charge on any atom is -0.363 e. The third kappa shape index (κ3) is 5.54. The predicted octanol–water partition coefficient (Wildman–Crippen LogP) is 3.16. The lowest BCUT2D eigenvalue weighted by Gasteiger charge is -2.12. The summed E-state index contributed by atoms with van der Waals surface area (Å²) < 4.78 is 53.2. The number of rotatable bonds is 7. The number of carbonyl (C=O) groups is 1. The van der Waals surface area contributed by atoms with Crippen LogP contribution in [-0.4, -0.2) is 33.4 Å². The summed E-state index contributed by atoms with van der Waals surface area (Å²) in [6.07, 6.45) is 1.67. The molecule has 0 saturated heterocycles. The van der Waals surface area contributed by atoms with E-state index in [0.29, 0.717) is 11.6 Å². The number of anilines is 2. The fourth-order valence-electron chi connectivity index (χ4n) is 2.62. The van der Waals surface area contributed by atoms with Crippen molar-refractivity contribution in [2.75, 3.05) is 23.7 Å². The maximum absolute atomic E-state index is 13.3.